The van der Waals surface area contributed by atoms with Crippen LogP contribution in [0.15, 0.2) is 35.1 Å². The molecule has 2 aliphatic rings. The molecule has 5 heteroatoms. The molecule has 126 valence electrons. The molecular formula is C19H22N2O3. The first kappa shape index (κ1) is 15.4. The van der Waals surface area contributed by atoms with Gasteiger partial charge < -0.3 is 15.4 Å². The first-order valence-corrected chi connectivity index (χ1v) is 8.67. The van der Waals surface area contributed by atoms with E-state index in [-0.39, 0.29) is 36.5 Å². The Bertz CT molecular complexity index is 829. The van der Waals surface area contributed by atoms with Crippen molar-refractivity contribution in [2.45, 2.75) is 31.7 Å². The second-order valence-corrected chi connectivity index (χ2v) is 7.16. The zero-order chi connectivity index (χ0) is 16.7. The molecule has 0 spiro atoms. The molecule has 5 nitrogen and oxygen atoms in total. The monoisotopic (exact) mass is 326 g/mol. The summed E-state index contributed by atoms with van der Waals surface area (Å²) in [5, 5.41) is 13.6. The number of carbonyl (C=O) groups excluding carboxylic acids is 1. The van der Waals surface area contributed by atoms with Crippen LogP contribution in [0.1, 0.15) is 24.8 Å². The number of benzene rings is 1. The SMILES string of the molecule is O=C(Cc1cc2ccccc2[nH]c1=O)NC1C2CCC(C2)C1CO. The van der Waals surface area contributed by atoms with Crippen molar-refractivity contribution >= 4 is 16.8 Å². The van der Waals surface area contributed by atoms with Gasteiger partial charge in [0.05, 0.1) is 6.42 Å². The number of aromatic nitrogens is 1. The van der Waals surface area contributed by atoms with Gasteiger partial charge >= 0.3 is 0 Å². The van der Waals surface area contributed by atoms with Crippen molar-refractivity contribution in [1.29, 1.82) is 0 Å². The molecule has 3 N–H and O–H groups in total. The number of para-hydroxylation sites is 1. The number of rotatable bonds is 4. The van der Waals surface area contributed by atoms with Crippen LogP contribution < -0.4 is 10.9 Å². The molecule has 2 aliphatic carbocycles. The Kier molecular flexibility index (Phi) is 3.88. The quantitative estimate of drug-likeness (QED) is 0.798. The summed E-state index contributed by atoms with van der Waals surface area (Å²) < 4.78 is 0. The zero-order valence-electron chi connectivity index (χ0n) is 13.5. The Morgan fingerprint density at radius 3 is 2.88 bits per heavy atom. The molecule has 2 bridgehead atoms. The fourth-order valence-corrected chi connectivity index (χ4v) is 4.63. The highest BCUT2D eigenvalue weighted by Gasteiger charge is 2.47. The molecule has 4 atom stereocenters. The third-order valence-electron chi connectivity index (χ3n) is 5.81. The minimum absolute atomic E-state index is 0.0563. The summed E-state index contributed by atoms with van der Waals surface area (Å²) in [6.07, 6.45) is 3.47. The van der Waals surface area contributed by atoms with E-state index < -0.39 is 0 Å². The van der Waals surface area contributed by atoms with E-state index in [0.717, 1.165) is 30.2 Å². The van der Waals surface area contributed by atoms with Crippen LogP contribution in [0.2, 0.25) is 0 Å². The van der Waals surface area contributed by atoms with Crippen LogP contribution in [0.25, 0.3) is 10.9 Å². The van der Waals surface area contributed by atoms with Gasteiger partial charge in [0.15, 0.2) is 0 Å². The van der Waals surface area contributed by atoms with E-state index in [1.165, 1.54) is 0 Å². The molecular weight excluding hydrogens is 304 g/mol. The lowest BCUT2D eigenvalue weighted by atomic mass is 9.85. The van der Waals surface area contributed by atoms with Crippen molar-refractivity contribution in [3.8, 4) is 0 Å². The van der Waals surface area contributed by atoms with E-state index in [1.54, 1.807) is 6.07 Å². The predicted octanol–water partition coefficient (Wildman–Crippen LogP) is 1.59. The van der Waals surface area contributed by atoms with E-state index in [2.05, 4.69) is 10.3 Å². The van der Waals surface area contributed by atoms with Crippen LogP contribution in [0.5, 0.6) is 0 Å². The highest BCUT2D eigenvalue weighted by Crippen LogP contribution is 2.48. The first-order chi connectivity index (χ1) is 11.7. The lowest BCUT2D eigenvalue weighted by Gasteiger charge is -2.30. The number of fused-ring (bicyclic) bond motifs is 3. The van der Waals surface area contributed by atoms with E-state index in [0.29, 0.717) is 17.4 Å². The molecule has 1 heterocycles. The van der Waals surface area contributed by atoms with Gasteiger partial charge in [-0.1, -0.05) is 18.2 Å². The maximum Gasteiger partial charge on any atom is 0.252 e. The van der Waals surface area contributed by atoms with Crippen molar-refractivity contribution in [2.24, 2.45) is 17.8 Å². The second kappa shape index (κ2) is 6.06. The summed E-state index contributed by atoms with van der Waals surface area (Å²) in [7, 11) is 0. The van der Waals surface area contributed by atoms with Crippen LogP contribution in [0.3, 0.4) is 0 Å². The summed E-state index contributed by atoms with van der Waals surface area (Å²) in [5.41, 5.74) is 1.05. The number of hydrogen-bond donors (Lipinski definition) is 3. The van der Waals surface area contributed by atoms with Crippen molar-refractivity contribution in [3.05, 3.63) is 46.2 Å². The third-order valence-corrected chi connectivity index (χ3v) is 5.81. The summed E-state index contributed by atoms with van der Waals surface area (Å²) >= 11 is 0. The molecule has 1 aromatic heterocycles. The number of aromatic amines is 1. The lowest BCUT2D eigenvalue weighted by molar-refractivity contribution is -0.122. The van der Waals surface area contributed by atoms with Gasteiger partial charge in [-0.15, -0.1) is 0 Å². The smallest absolute Gasteiger partial charge is 0.252 e. The number of hydrogen-bond acceptors (Lipinski definition) is 3. The fraction of sp³-hybridized carbons (Fsp3) is 0.474. The summed E-state index contributed by atoms with van der Waals surface area (Å²) in [4.78, 5) is 27.5. The molecule has 4 unspecified atom stereocenters. The summed E-state index contributed by atoms with van der Waals surface area (Å²) in [5.74, 6) is 1.05. The van der Waals surface area contributed by atoms with Gasteiger partial charge in [-0.3, -0.25) is 9.59 Å². The number of nitrogens with one attached hydrogen (secondary N) is 2. The van der Waals surface area contributed by atoms with Gasteiger partial charge in [-0.05, 0) is 48.6 Å². The molecule has 0 radical (unpaired) electrons. The van der Waals surface area contributed by atoms with E-state index in [4.69, 9.17) is 0 Å². The lowest BCUT2D eigenvalue weighted by Crippen LogP contribution is -2.46. The van der Waals surface area contributed by atoms with E-state index in [1.807, 2.05) is 24.3 Å². The maximum atomic E-state index is 12.4. The number of aliphatic hydroxyl groups excluding tert-OH is 1. The highest BCUT2D eigenvalue weighted by atomic mass is 16.3. The van der Waals surface area contributed by atoms with Gasteiger partial charge in [0.2, 0.25) is 5.91 Å². The second-order valence-electron chi connectivity index (χ2n) is 7.16. The molecule has 24 heavy (non-hydrogen) atoms. The van der Waals surface area contributed by atoms with Crippen molar-refractivity contribution < 1.29 is 9.90 Å². The molecule has 0 aliphatic heterocycles. The molecule has 2 fully saturated rings. The van der Waals surface area contributed by atoms with Gasteiger partial charge in [-0.2, -0.15) is 0 Å². The minimum Gasteiger partial charge on any atom is -0.396 e. The van der Waals surface area contributed by atoms with Crippen molar-refractivity contribution in [3.63, 3.8) is 0 Å². The van der Waals surface area contributed by atoms with Crippen LogP contribution in [0.4, 0.5) is 0 Å². The van der Waals surface area contributed by atoms with Gasteiger partial charge in [0.25, 0.3) is 5.56 Å². The minimum atomic E-state index is -0.212. The Morgan fingerprint density at radius 1 is 1.25 bits per heavy atom. The van der Waals surface area contributed by atoms with Gasteiger partial charge in [-0.25, -0.2) is 0 Å². The van der Waals surface area contributed by atoms with Crippen molar-refractivity contribution in [1.82, 2.24) is 10.3 Å². The van der Waals surface area contributed by atoms with Crippen LogP contribution in [0, 0.1) is 17.8 Å². The Labute approximate surface area is 140 Å². The number of carbonyl (C=O) groups is 1. The summed E-state index contributed by atoms with van der Waals surface area (Å²) in [6, 6.07) is 9.39. The number of aliphatic hydroxyl groups is 1. The molecule has 2 aromatic rings. The summed E-state index contributed by atoms with van der Waals surface area (Å²) in [6.45, 7) is 0.128. The predicted molar refractivity (Wildman–Crippen MR) is 91.6 cm³/mol. The third kappa shape index (κ3) is 2.63. The van der Waals surface area contributed by atoms with Crippen LogP contribution in [-0.2, 0) is 11.2 Å². The average molecular weight is 326 g/mol. The first-order valence-electron chi connectivity index (χ1n) is 8.67. The van der Waals surface area contributed by atoms with Crippen molar-refractivity contribution in [2.75, 3.05) is 6.61 Å². The standard InChI is InChI=1S/C19H22N2O3/c22-10-15-11-5-6-13(7-11)18(15)21-17(23)9-14-8-12-3-1-2-4-16(12)20-19(14)24/h1-4,8,11,13,15,18,22H,5-7,9-10H2,(H,20,24)(H,21,23). The Morgan fingerprint density at radius 2 is 2.04 bits per heavy atom. The molecule has 1 aromatic carbocycles. The highest BCUT2D eigenvalue weighted by molar-refractivity contribution is 5.82. The average Bonchev–Trinajstić information content (AvgIpc) is 3.16. The number of pyridine rings is 1. The molecule has 4 rings (SSSR count). The van der Waals surface area contributed by atoms with E-state index in [9.17, 15) is 14.7 Å². The normalized spacial score (nSPS) is 28.4. The van der Waals surface area contributed by atoms with Crippen LogP contribution >= 0.6 is 0 Å². The molecule has 0 saturated heterocycles. The Hall–Kier alpha value is -2.14. The number of H-pyrrole nitrogens is 1. The van der Waals surface area contributed by atoms with Gasteiger partial charge in [0.1, 0.15) is 0 Å². The largest absolute Gasteiger partial charge is 0.396 e. The topological polar surface area (TPSA) is 82.2 Å². The molecule has 1 amide bonds. The fourth-order valence-electron chi connectivity index (χ4n) is 4.63. The molecule has 2 saturated carbocycles. The Balaban J connectivity index is 1.50. The van der Waals surface area contributed by atoms with Gasteiger partial charge in [0, 0.05) is 29.6 Å². The maximum absolute atomic E-state index is 12.4. The van der Waals surface area contributed by atoms with Crippen LogP contribution in [-0.4, -0.2) is 28.6 Å². The van der Waals surface area contributed by atoms with E-state index >= 15 is 0 Å². The number of amides is 1. The zero-order valence-corrected chi connectivity index (χ0v) is 13.5.